The Balaban J connectivity index is 2.18. The molecule has 0 heterocycles. The van der Waals surface area contributed by atoms with Crippen molar-refractivity contribution in [3.63, 3.8) is 0 Å². The first kappa shape index (κ1) is 10.5. The lowest BCUT2D eigenvalue weighted by molar-refractivity contribution is 0.282. The van der Waals surface area contributed by atoms with Crippen LogP contribution in [0.1, 0.15) is 16.7 Å². The molecule has 0 bridgehead atoms. The second kappa shape index (κ2) is 5.16. The van der Waals surface area contributed by atoms with Gasteiger partial charge in [0.2, 0.25) is 0 Å². The van der Waals surface area contributed by atoms with E-state index in [1.807, 2.05) is 48.5 Å². The highest BCUT2D eigenvalue weighted by atomic mass is 16.3. The predicted octanol–water partition coefficient (Wildman–Crippen LogP) is 2.38. The van der Waals surface area contributed by atoms with E-state index < -0.39 is 0 Å². The molecular weight excluding hydrogens is 196 g/mol. The highest BCUT2D eigenvalue weighted by Crippen LogP contribution is 2.03. The predicted molar refractivity (Wildman–Crippen MR) is 63.6 cm³/mol. The molecule has 0 atom stereocenters. The summed E-state index contributed by atoms with van der Waals surface area (Å²) in [4.78, 5) is 0. The number of hydrogen-bond donors (Lipinski definition) is 1. The molecule has 0 unspecified atom stereocenters. The fourth-order valence-electron chi connectivity index (χ4n) is 1.31. The number of benzene rings is 2. The smallest absolute Gasteiger partial charge is 0.0681 e. The van der Waals surface area contributed by atoms with Gasteiger partial charge in [0.05, 0.1) is 6.61 Å². The van der Waals surface area contributed by atoms with Crippen molar-refractivity contribution in [1.82, 2.24) is 0 Å². The van der Waals surface area contributed by atoms with Crippen LogP contribution in [0.3, 0.4) is 0 Å². The van der Waals surface area contributed by atoms with E-state index in [0.29, 0.717) is 0 Å². The molecule has 2 aromatic rings. The maximum absolute atomic E-state index is 8.90. The summed E-state index contributed by atoms with van der Waals surface area (Å²) in [6.45, 7) is 0.0717. The van der Waals surface area contributed by atoms with E-state index in [1.54, 1.807) is 0 Å². The zero-order valence-corrected chi connectivity index (χ0v) is 8.77. The van der Waals surface area contributed by atoms with Crippen LogP contribution < -0.4 is 0 Å². The minimum absolute atomic E-state index is 0.0717. The molecule has 16 heavy (non-hydrogen) atoms. The second-order valence-electron chi connectivity index (χ2n) is 3.39. The molecule has 2 aromatic carbocycles. The molecule has 0 aliphatic rings. The van der Waals surface area contributed by atoms with Gasteiger partial charge in [-0.1, -0.05) is 36.1 Å². The summed E-state index contributed by atoms with van der Waals surface area (Å²) in [5.41, 5.74) is 2.83. The Kier molecular flexibility index (Phi) is 3.38. The fourth-order valence-corrected chi connectivity index (χ4v) is 1.31. The topological polar surface area (TPSA) is 20.2 Å². The largest absolute Gasteiger partial charge is 0.392 e. The molecule has 0 aliphatic heterocycles. The van der Waals surface area contributed by atoms with E-state index in [4.69, 9.17) is 5.11 Å². The Hall–Kier alpha value is -2.04. The lowest BCUT2D eigenvalue weighted by Crippen LogP contribution is -1.82. The van der Waals surface area contributed by atoms with E-state index in [-0.39, 0.29) is 6.61 Å². The van der Waals surface area contributed by atoms with Gasteiger partial charge >= 0.3 is 0 Å². The summed E-state index contributed by atoms with van der Waals surface area (Å²) in [6.07, 6.45) is 0. The Morgan fingerprint density at radius 1 is 0.875 bits per heavy atom. The van der Waals surface area contributed by atoms with Crippen LogP contribution in [0, 0.1) is 17.9 Å². The van der Waals surface area contributed by atoms with Crippen molar-refractivity contribution < 1.29 is 5.11 Å². The van der Waals surface area contributed by atoms with Crippen LogP contribution in [0.4, 0.5) is 0 Å². The first-order valence-electron chi connectivity index (χ1n) is 5.06. The second-order valence-corrected chi connectivity index (χ2v) is 3.39. The van der Waals surface area contributed by atoms with Gasteiger partial charge in [0, 0.05) is 11.1 Å². The van der Waals surface area contributed by atoms with Gasteiger partial charge in [-0.15, -0.1) is 0 Å². The molecular formula is C15H11O. The number of aliphatic hydroxyl groups is 1. The van der Waals surface area contributed by atoms with Crippen molar-refractivity contribution in [3.8, 4) is 11.8 Å². The Labute approximate surface area is 95.4 Å². The molecule has 1 N–H and O–H groups in total. The lowest BCUT2D eigenvalue weighted by atomic mass is 10.1. The van der Waals surface area contributed by atoms with Crippen LogP contribution in [-0.2, 0) is 6.61 Å². The summed E-state index contributed by atoms with van der Waals surface area (Å²) in [6, 6.07) is 18.1. The summed E-state index contributed by atoms with van der Waals surface area (Å²) >= 11 is 0. The van der Waals surface area contributed by atoms with Crippen molar-refractivity contribution >= 4 is 0 Å². The van der Waals surface area contributed by atoms with Crippen molar-refractivity contribution in [1.29, 1.82) is 0 Å². The summed E-state index contributed by atoms with van der Waals surface area (Å²) in [5.74, 6) is 6.13. The third kappa shape index (κ3) is 2.73. The third-order valence-corrected chi connectivity index (χ3v) is 2.21. The van der Waals surface area contributed by atoms with Gasteiger partial charge in [0.25, 0.3) is 0 Å². The van der Waals surface area contributed by atoms with E-state index in [0.717, 1.165) is 16.7 Å². The van der Waals surface area contributed by atoms with Crippen LogP contribution >= 0.6 is 0 Å². The summed E-state index contributed by atoms with van der Waals surface area (Å²) < 4.78 is 0. The van der Waals surface area contributed by atoms with Gasteiger partial charge in [0.1, 0.15) is 0 Å². The van der Waals surface area contributed by atoms with E-state index in [1.165, 1.54) is 0 Å². The van der Waals surface area contributed by atoms with E-state index in [9.17, 15) is 0 Å². The van der Waals surface area contributed by atoms with Crippen LogP contribution in [-0.4, -0.2) is 5.11 Å². The molecule has 0 spiro atoms. The molecule has 1 nitrogen and oxygen atoms in total. The lowest BCUT2D eigenvalue weighted by Gasteiger charge is -1.94. The quantitative estimate of drug-likeness (QED) is 0.712. The zero-order valence-electron chi connectivity index (χ0n) is 8.77. The van der Waals surface area contributed by atoms with Gasteiger partial charge < -0.3 is 5.11 Å². The molecule has 0 saturated carbocycles. The molecule has 1 radical (unpaired) electrons. The molecule has 77 valence electrons. The summed E-state index contributed by atoms with van der Waals surface area (Å²) in [5, 5.41) is 8.90. The molecule has 0 saturated heterocycles. The van der Waals surface area contributed by atoms with Crippen LogP contribution in [0.5, 0.6) is 0 Å². The van der Waals surface area contributed by atoms with Gasteiger partial charge in [-0.3, -0.25) is 0 Å². The average Bonchev–Trinajstić information content (AvgIpc) is 2.38. The van der Waals surface area contributed by atoms with Crippen LogP contribution in [0.25, 0.3) is 0 Å². The Morgan fingerprint density at radius 2 is 1.44 bits per heavy atom. The Morgan fingerprint density at radius 3 is 2.00 bits per heavy atom. The van der Waals surface area contributed by atoms with Gasteiger partial charge in [-0.05, 0) is 35.9 Å². The number of aliphatic hydroxyl groups excluding tert-OH is 1. The van der Waals surface area contributed by atoms with Crippen molar-refractivity contribution in [2.75, 3.05) is 0 Å². The third-order valence-electron chi connectivity index (χ3n) is 2.21. The van der Waals surface area contributed by atoms with Crippen molar-refractivity contribution in [3.05, 3.63) is 71.3 Å². The maximum atomic E-state index is 8.90. The molecule has 0 amide bonds. The zero-order chi connectivity index (χ0) is 11.2. The van der Waals surface area contributed by atoms with Gasteiger partial charge in [-0.2, -0.15) is 0 Å². The molecule has 0 fully saturated rings. The molecule has 0 aliphatic carbocycles. The van der Waals surface area contributed by atoms with E-state index >= 15 is 0 Å². The highest BCUT2D eigenvalue weighted by molar-refractivity contribution is 5.43. The Bertz CT molecular complexity index is 501. The number of rotatable bonds is 1. The molecule has 1 heteroatoms. The first-order valence-corrected chi connectivity index (χ1v) is 5.06. The van der Waals surface area contributed by atoms with Crippen LogP contribution in [0.2, 0.25) is 0 Å². The van der Waals surface area contributed by atoms with Crippen molar-refractivity contribution in [2.45, 2.75) is 6.61 Å². The summed E-state index contributed by atoms with van der Waals surface area (Å²) in [7, 11) is 0. The average molecular weight is 207 g/mol. The normalized spacial score (nSPS) is 9.31. The fraction of sp³-hybridized carbons (Fsp3) is 0.0667. The minimum atomic E-state index is 0.0717. The van der Waals surface area contributed by atoms with Gasteiger partial charge in [0.15, 0.2) is 0 Å². The minimum Gasteiger partial charge on any atom is -0.392 e. The number of hydrogen-bond acceptors (Lipinski definition) is 1. The first-order chi connectivity index (χ1) is 7.88. The van der Waals surface area contributed by atoms with E-state index in [2.05, 4.69) is 17.9 Å². The highest BCUT2D eigenvalue weighted by Gasteiger charge is 1.89. The van der Waals surface area contributed by atoms with Crippen molar-refractivity contribution in [2.24, 2.45) is 0 Å². The van der Waals surface area contributed by atoms with Crippen LogP contribution in [0.15, 0.2) is 48.5 Å². The molecule has 0 aromatic heterocycles. The molecule has 2 rings (SSSR count). The SMILES string of the molecule is OCc1ccc(C#Cc2cc[c]cc2)cc1. The maximum Gasteiger partial charge on any atom is 0.0681 e. The monoisotopic (exact) mass is 207 g/mol. The van der Waals surface area contributed by atoms with Gasteiger partial charge in [-0.25, -0.2) is 0 Å². The standard InChI is InChI=1S/C15H11O/c16-12-15-10-8-14(9-11-15)7-6-13-4-2-1-3-5-13/h2-5,8-11,16H,12H2.